The number of fused-ring (bicyclic) bond motifs is 1. The molecule has 2 saturated heterocycles. The van der Waals surface area contributed by atoms with Gasteiger partial charge < -0.3 is 14.5 Å². The van der Waals surface area contributed by atoms with Crippen LogP contribution in [0.4, 0.5) is 0 Å². The maximum atomic E-state index is 13.1. The number of benzene rings is 2. The van der Waals surface area contributed by atoms with E-state index in [0.717, 1.165) is 70.0 Å². The maximum absolute atomic E-state index is 13.1. The van der Waals surface area contributed by atoms with Crippen molar-refractivity contribution in [3.05, 3.63) is 64.7 Å². The van der Waals surface area contributed by atoms with Crippen LogP contribution in [0.3, 0.4) is 0 Å². The van der Waals surface area contributed by atoms with Crippen molar-refractivity contribution in [1.82, 2.24) is 14.7 Å². The second-order valence-corrected chi connectivity index (χ2v) is 11.2. The molecule has 3 heterocycles. The Bertz CT molecular complexity index is 1110. The highest BCUT2D eigenvalue weighted by Crippen LogP contribution is 2.29. The standard InChI is InChI=1S/C31H39N3O3/c35-30(33-16-1-2-17-33)24-6-8-25(9-7-24)31(36)34-20-14-28(15-21-34)37-29-11-10-23-12-18-32(27-4-3-5-27)19-13-26(23)22-29/h6-11,22,27-28H,1-5,12-21H2. The molecule has 1 saturated carbocycles. The summed E-state index contributed by atoms with van der Waals surface area (Å²) in [6.07, 6.45) is 10.3. The van der Waals surface area contributed by atoms with Crippen LogP contribution in [0, 0.1) is 0 Å². The molecule has 37 heavy (non-hydrogen) atoms. The molecule has 6 heteroatoms. The lowest BCUT2D eigenvalue weighted by molar-refractivity contribution is 0.0594. The number of amides is 2. The highest BCUT2D eigenvalue weighted by Gasteiger charge is 2.28. The van der Waals surface area contributed by atoms with E-state index in [4.69, 9.17) is 4.74 Å². The Kier molecular flexibility index (Phi) is 7.18. The summed E-state index contributed by atoms with van der Waals surface area (Å²) in [5.41, 5.74) is 4.24. The Morgan fingerprint density at radius 1 is 0.649 bits per heavy atom. The summed E-state index contributed by atoms with van der Waals surface area (Å²) < 4.78 is 6.40. The van der Waals surface area contributed by atoms with Crippen molar-refractivity contribution in [2.75, 3.05) is 39.3 Å². The molecule has 0 bridgehead atoms. The zero-order valence-electron chi connectivity index (χ0n) is 21.9. The first-order valence-electron chi connectivity index (χ1n) is 14.4. The first kappa shape index (κ1) is 24.5. The van der Waals surface area contributed by atoms with Gasteiger partial charge in [0.2, 0.25) is 0 Å². The number of hydrogen-bond acceptors (Lipinski definition) is 4. The molecule has 0 N–H and O–H groups in total. The molecule has 2 amide bonds. The van der Waals surface area contributed by atoms with E-state index in [-0.39, 0.29) is 17.9 Å². The molecule has 0 atom stereocenters. The Hall–Kier alpha value is -2.86. The number of rotatable bonds is 5. The summed E-state index contributed by atoms with van der Waals surface area (Å²) in [7, 11) is 0. The van der Waals surface area contributed by atoms with Crippen LogP contribution >= 0.6 is 0 Å². The van der Waals surface area contributed by atoms with Gasteiger partial charge in [-0.05, 0) is 86.1 Å². The highest BCUT2D eigenvalue weighted by molar-refractivity contribution is 5.98. The number of hydrogen-bond donors (Lipinski definition) is 0. The van der Waals surface area contributed by atoms with Gasteiger partial charge in [0.25, 0.3) is 11.8 Å². The summed E-state index contributed by atoms with van der Waals surface area (Å²) in [6.45, 7) is 5.40. The SMILES string of the molecule is O=C(c1ccc(C(=O)N2CCC(Oc3ccc4c(c3)CCN(C3CCC3)CC4)CC2)cc1)N1CCCC1. The van der Waals surface area contributed by atoms with E-state index in [0.29, 0.717) is 24.2 Å². The first-order valence-corrected chi connectivity index (χ1v) is 14.4. The Balaban J connectivity index is 1.00. The van der Waals surface area contributed by atoms with Gasteiger partial charge in [-0.3, -0.25) is 14.5 Å². The second-order valence-electron chi connectivity index (χ2n) is 11.2. The molecule has 1 aliphatic carbocycles. The summed E-state index contributed by atoms with van der Waals surface area (Å²) in [6, 6.07) is 14.7. The third kappa shape index (κ3) is 5.40. The van der Waals surface area contributed by atoms with Crippen molar-refractivity contribution in [1.29, 1.82) is 0 Å². The highest BCUT2D eigenvalue weighted by atomic mass is 16.5. The van der Waals surface area contributed by atoms with E-state index in [9.17, 15) is 9.59 Å². The van der Waals surface area contributed by atoms with E-state index >= 15 is 0 Å². The number of nitrogens with zero attached hydrogens (tertiary/aromatic N) is 3. The van der Waals surface area contributed by atoms with Gasteiger partial charge in [-0.1, -0.05) is 12.5 Å². The smallest absolute Gasteiger partial charge is 0.253 e. The monoisotopic (exact) mass is 501 g/mol. The van der Waals surface area contributed by atoms with Crippen molar-refractivity contribution in [2.45, 2.75) is 69.9 Å². The van der Waals surface area contributed by atoms with Gasteiger partial charge in [0.1, 0.15) is 11.9 Å². The van der Waals surface area contributed by atoms with Crippen LogP contribution in [-0.4, -0.2) is 77.9 Å². The molecule has 0 spiro atoms. The van der Waals surface area contributed by atoms with E-state index < -0.39 is 0 Å². The lowest BCUT2D eigenvalue weighted by Crippen LogP contribution is -2.41. The van der Waals surface area contributed by atoms with Gasteiger partial charge in [0.05, 0.1) is 0 Å². The third-order valence-electron chi connectivity index (χ3n) is 8.91. The van der Waals surface area contributed by atoms with Crippen molar-refractivity contribution < 1.29 is 14.3 Å². The van der Waals surface area contributed by atoms with Gasteiger partial charge in [-0.25, -0.2) is 0 Å². The molecule has 3 aliphatic heterocycles. The molecule has 3 fully saturated rings. The predicted octanol–water partition coefficient (Wildman–Crippen LogP) is 4.56. The molecule has 2 aromatic carbocycles. The minimum absolute atomic E-state index is 0.0414. The Morgan fingerprint density at radius 3 is 1.84 bits per heavy atom. The molecule has 196 valence electrons. The van der Waals surface area contributed by atoms with Crippen LogP contribution in [0.5, 0.6) is 5.75 Å². The zero-order valence-corrected chi connectivity index (χ0v) is 21.9. The lowest BCUT2D eigenvalue weighted by atomic mass is 9.91. The summed E-state index contributed by atoms with van der Waals surface area (Å²) in [5.74, 6) is 1.08. The largest absolute Gasteiger partial charge is 0.490 e. The van der Waals surface area contributed by atoms with Gasteiger partial charge >= 0.3 is 0 Å². The molecule has 6 nitrogen and oxygen atoms in total. The molecule has 6 rings (SSSR count). The molecular weight excluding hydrogens is 462 g/mol. The van der Waals surface area contributed by atoms with Gasteiger partial charge in [0, 0.05) is 69.3 Å². The van der Waals surface area contributed by atoms with Crippen molar-refractivity contribution >= 4 is 11.8 Å². The molecule has 0 unspecified atom stereocenters. The third-order valence-corrected chi connectivity index (χ3v) is 8.91. The average molecular weight is 502 g/mol. The van der Waals surface area contributed by atoms with E-state index in [1.165, 1.54) is 36.9 Å². The fourth-order valence-corrected chi connectivity index (χ4v) is 6.32. The fourth-order valence-electron chi connectivity index (χ4n) is 6.32. The van der Waals surface area contributed by atoms with Crippen LogP contribution < -0.4 is 4.74 Å². The molecule has 0 aromatic heterocycles. The van der Waals surface area contributed by atoms with Gasteiger partial charge in [-0.2, -0.15) is 0 Å². The molecule has 4 aliphatic rings. The van der Waals surface area contributed by atoms with Crippen LogP contribution in [0.25, 0.3) is 0 Å². The predicted molar refractivity (Wildman–Crippen MR) is 144 cm³/mol. The van der Waals surface area contributed by atoms with E-state index in [1.807, 2.05) is 9.80 Å². The van der Waals surface area contributed by atoms with Crippen molar-refractivity contribution in [3.8, 4) is 5.75 Å². The molecule has 0 radical (unpaired) electrons. The van der Waals surface area contributed by atoms with Gasteiger partial charge in [0.15, 0.2) is 0 Å². The van der Waals surface area contributed by atoms with Crippen molar-refractivity contribution in [2.24, 2.45) is 0 Å². The van der Waals surface area contributed by atoms with Crippen LogP contribution in [0.2, 0.25) is 0 Å². The van der Waals surface area contributed by atoms with Crippen LogP contribution in [-0.2, 0) is 12.8 Å². The Labute approximate surface area is 220 Å². The zero-order chi connectivity index (χ0) is 25.2. The number of piperidine rings is 1. The molecule has 2 aromatic rings. The first-order chi connectivity index (χ1) is 18.1. The maximum Gasteiger partial charge on any atom is 0.253 e. The minimum Gasteiger partial charge on any atom is -0.490 e. The number of likely N-dealkylation sites (tertiary alicyclic amines) is 2. The van der Waals surface area contributed by atoms with E-state index in [2.05, 4.69) is 23.1 Å². The molecular formula is C31H39N3O3. The topological polar surface area (TPSA) is 53.1 Å². The van der Waals surface area contributed by atoms with Crippen LogP contribution in [0.1, 0.15) is 76.8 Å². The van der Waals surface area contributed by atoms with Crippen LogP contribution in [0.15, 0.2) is 42.5 Å². The summed E-state index contributed by atoms with van der Waals surface area (Å²) in [5, 5.41) is 0. The number of ether oxygens (including phenoxy) is 1. The summed E-state index contributed by atoms with van der Waals surface area (Å²) >= 11 is 0. The van der Waals surface area contributed by atoms with E-state index in [1.54, 1.807) is 24.3 Å². The quantitative estimate of drug-likeness (QED) is 0.603. The Morgan fingerprint density at radius 2 is 1.24 bits per heavy atom. The second kappa shape index (κ2) is 10.9. The number of carbonyl (C=O) groups excluding carboxylic acids is 2. The fraction of sp³-hybridized carbons (Fsp3) is 0.548. The van der Waals surface area contributed by atoms with Gasteiger partial charge in [-0.15, -0.1) is 0 Å². The lowest BCUT2D eigenvalue weighted by Gasteiger charge is -2.36. The number of carbonyl (C=O) groups is 2. The van der Waals surface area contributed by atoms with Crippen molar-refractivity contribution in [3.63, 3.8) is 0 Å². The summed E-state index contributed by atoms with van der Waals surface area (Å²) in [4.78, 5) is 32.2. The minimum atomic E-state index is 0.0414. The average Bonchev–Trinajstić information content (AvgIpc) is 3.37. The normalized spacial score (nSPS) is 21.3.